The molecule has 0 fully saturated rings. The number of nitrogens with zero attached hydrogens (tertiary/aromatic N) is 2. The van der Waals surface area contributed by atoms with Crippen LogP contribution < -0.4 is 19.9 Å². The van der Waals surface area contributed by atoms with Crippen molar-refractivity contribution in [3.05, 3.63) is 41.9 Å². The van der Waals surface area contributed by atoms with Crippen molar-refractivity contribution in [2.45, 2.75) is 12.5 Å². The zero-order valence-corrected chi connectivity index (χ0v) is 12.4. The minimum Gasteiger partial charge on any atom is -0.497 e. The predicted molar refractivity (Wildman–Crippen MR) is 78.8 cm³/mol. The molecule has 0 spiro atoms. The zero-order chi connectivity index (χ0) is 15.2. The van der Waals surface area contributed by atoms with Crippen molar-refractivity contribution in [1.29, 1.82) is 0 Å². The van der Waals surface area contributed by atoms with Crippen LogP contribution in [0, 0.1) is 0 Å². The van der Waals surface area contributed by atoms with Gasteiger partial charge in [-0.1, -0.05) is 0 Å². The molecule has 2 rings (SSSR count). The number of nitrogens with two attached hydrogens (primary N) is 1. The van der Waals surface area contributed by atoms with Gasteiger partial charge in [0, 0.05) is 30.3 Å². The van der Waals surface area contributed by atoms with Crippen molar-refractivity contribution in [2.24, 2.45) is 5.73 Å². The molecule has 1 aromatic carbocycles. The summed E-state index contributed by atoms with van der Waals surface area (Å²) in [6.45, 7) is 0. The second-order valence-corrected chi connectivity index (χ2v) is 4.51. The molecule has 0 radical (unpaired) electrons. The fourth-order valence-electron chi connectivity index (χ4n) is 1.99. The van der Waals surface area contributed by atoms with Crippen LogP contribution in [0.4, 0.5) is 0 Å². The minimum absolute atomic E-state index is 0.228. The van der Waals surface area contributed by atoms with Crippen molar-refractivity contribution in [2.75, 3.05) is 21.3 Å². The molecule has 0 bridgehead atoms. The first-order chi connectivity index (χ1) is 10.2. The van der Waals surface area contributed by atoms with Gasteiger partial charge < -0.3 is 19.9 Å². The van der Waals surface area contributed by atoms with Gasteiger partial charge in [0.25, 0.3) is 0 Å². The van der Waals surface area contributed by atoms with Crippen molar-refractivity contribution in [3.63, 3.8) is 0 Å². The number of methoxy groups -OCH3 is 3. The summed E-state index contributed by atoms with van der Waals surface area (Å²) in [5.74, 6) is 1.94. The van der Waals surface area contributed by atoms with Gasteiger partial charge in [0.1, 0.15) is 17.8 Å². The highest BCUT2D eigenvalue weighted by atomic mass is 16.5. The van der Waals surface area contributed by atoms with E-state index in [1.54, 1.807) is 27.4 Å². The lowest BCUT2D eigenvalue weighted by Crippen LogP contribution is -2.14. The van der Waals surface area contributed by atoms with E-state index in [1.165, 1.54) is 6.33 Å². The highest BCUT2D eigenvalue weighted by molar-refractivity contribution is 5.40. The summed E-state index contributed by atoms with van der Waals surface area (Å²) >= 11 is 0. The molecule has 0 aliphatic heterocycles. The van der Waals surface area contributed by atoms with E-state index in [1.807, 2.05) is 18.2 Å². The Kier molecular flexibility index (Phi) is 4.94. The Labute approximate surface area is 123 Å². The number of rotatable bonds is 6. The van der Waals surface area contributed by atoms with Crippen LogP contribution in [-0.4, -0.2) is 31.3 Å². The molecule has 6 nitrogen and oxygen atoms in total. The quantitative estimate of drug-likeness (QED) is 0.872. The second-order valence-electron chi connectivity index (χ2n) is 4.51. The lowest BCUT2D eigenvalue weighted by Gasteiger charge is -2.14. The molecule has 112 valence electrons. The van der Waals surface area contributed by atoms with Crippen LogP contribution in [-0.2, 0) is 6.42 Å². The third-order valence-corrected chi connectivity index (χ3v) is 3.14. The third kappa shape index (κ3) is 3.82. The molecule has 21 heavy (non-hydrogen) atoms. The van der Waals surface area contributed by atoms with Crippen molar-refractivity contribution >= 4 is 0 Å². The van der Waals surface area contributed by atoms with Gasteiger partial charge in [0.2, 0.25) is 5.88 Å². The Morgan fingerprint density at radius 2 is 1.62 bits per heavy atom. The lowest BCUT2D eigenvalue weighted by molar-refractivity contribution is 0.392. The van der Waals surface area contributed by atoms with Crippen LogP contribution in [0.1, 0.15) is 17.3 Å². The standard InChI is InChI=1S/C15H19N3O3/c1-19-12-4-10(5-13(8-12)20-2)14(16)6-11-7-15(21-3)18-9-17-11/h4-5,7-9,14H,6,16H2,1-3H3. The van der Waals surface area contributed by atoms with E-state index < -0.39 is 0 Å². The van der Waals surface area contributed by atoms with E-state index in [4.69, 9.17) is 19.9 Å². The molecule has 6 heteroatoms. The molecular weight excluding hydrogens is 270 g/mol. The summed E-state index contributed by atoms with van der Waals surface area (Å²) in [6.07, 6.45) is 2.03. The largest absolute Gasteiger partial charge is 0.497 e. The molecule has 0 amide bonds. The lowest BCUT2D eigenvalue weighted by atomic mass is 10.0. The average Bonchev–Trinajstić information content (AvgIpc) is 2.54. The number of aromatic nitrogens is 2. The Hall–Kier alpha value is -2.34. The van der Waals surface area contributed by atoms with Gasteiger partial charge in [-0.15, -0.1) is 0 Å². The van der Waals surface area contributed by atoms with Gasteiger partial charge in [-0.25, -0.2) is 9.97 Å². The first-order valence-electron chi connectivity index (χ1n) is 6.49. The summed E-state index contributed by atoms with van der Waals surface area (Å²) in [6, 6.07) is 7.15. The Morgan fingerprint density at radius 3 is 2.19 bits per heavy atom. The molecule has 0 aliphatic rings. The van der Waals surface area contributed by atoms with Gasteiger partial charge >= 0.3 is 0 Å². The second kappa shape index (κ2) is 6.90. The minimum atomic E-state index is -0.228. The Balaban J connectivity index is 2.20. The van der Waals surface area contributed by atoms with Crippen molar-refractivity contribution < 1.29 is 14.2 Å². The molecule has 2 aromatic rings. The van der Waals surface area contributed by atoms with Crippen LogP contribution in [0.2, 0.25) is 0 Å². The summed E-state index contributed by atoms with van der Waals surface area (Å²) in [5, 5.41) is 0. The maximum Gasteiger partial charge on any atom is 0.216 e. The van der Waals surface area contributed by atoms with Crippen LogP contribution in [0.3, 0.4) is 0 Å². The van der Waals surface area contributed by atoms with Crippen LogP contribution in [0.25, 0.3) is 0 Å². The van der Waals surface area contributed by atoms with Crippen LogP contribution in [0.5, 0.6) is 17.4 Å². The highest BCUT2D eigenvalue weighted by Crippen LogP contribution is 2.27. The average molecular weight is 289 g/mol. The van der Waals surface area contributed by atoms with Gasteiger partial charge in [-0.2, -0.15) is 0 Å². The molecule has 1 unspecified atom stereocenters. The van der Waals surface area contributed by atoms with Gasteiger partial charge in [0.15, 0.2) is 0 Å². The maximum atomic E-state index is 6.25. The molecule has 0 saturated carbocycles. The molecule has 0 aliphatic carbocycles. The van der Waals surface area contributed by atoms with E-state index in [9.17, 15) is 0 Å². The summed E-state index contributed by atoms with van der Waals surface area (Å²) < 4.78 is 15.6. The molecular formula is C15H19N3O3. The number of hydrogen-bond acceptors (Lipinski definition) is 6. The normalized spacial score (nSPS) is 11.8. The fraction of sp³-hybridized carbons (Fsp3) is 0.333. The van der Waals surface area contributed by atoms with Crippen molar-refractivity contribution in [3.8, 4) is 17.4 Å². The van der Waals surface area contributed by atoms with E-state index in [-0.39, 0.29) is 6.04 Å². The predicted octanol–water partition coefficient (Wildman–Crippen LogP) is 1.74. The molecule has 0 saturated heterocycles. The third-order valence-electron chi connectivity index (χ3n) is 3.14. The molecule has 1 aromatic heterocycles. The Morgan fingerprint density at radius 1 is 0.952 bits per heavy atom. The van der Waals surface area contributed by atoms with Crippen LogP contribution >= 0.6 is 0 Å². The topological polar surface area (TPSA) is 79.5 Å². The van der Waals surface area contributed by atoms with E-state index in [0.717, 1.165) is 11.3 Å². The molecule has 1 atom stereocenters. The molecule has 1 heterocycles. The summed E-state index contributed by atoms with van der Waals surface area (Å²) in [7, 11) is 4.79. The van der Waals surface area contributed by atoms with Gasteiger partial charge in [0.05, 0.1) is 21.3 Å². The van der Waals surface area contributed by atoms with Gasteiger partial charge in [-0.05, 0) is 17.7 Å². The number of benzene rings is 1. The highest BCUT2D eigenvalue weighted by Gasteiger charge is 2.12. The van der Waals surface area contributed by atoms with Crippen molar-refractivity contribution in [1.82, 2.24) is 9.97 Å². The SMILES string of the molecule is COc1cc(OC)cc(C(N)Cc2cc(OC)ncn2)c1. The monoisotopic (exact) mass is 289 g/mol. The number of ether oxygens (including phenoxy) is 3. The van der Waals surface area contributed by atoms with E-state index in [2.05, 4.69) is 9.97 Å². The first kappa shape index (κ1) is 15.1. The fourth-order valence-corrected chi connectivity index (χ4v) is 1.99. The van der Waals surface area contributed by atoms with Crippen LogP contribution in [0.15, 0.2) is 30.6 Å². The zero-order valence-electron chi connectivity index (χ0n) is 12.4. The maximum absolute atomic E-state index is 6.25. The van der Waals surface area contributed by atoms with Gasteiger partial charge in [-0.3, -0.25) is 0 Å². The van der Waals surface area contributed by atoms with E-state index >= 15 is 0 Å². The van der Waals surface area contributed by atoms with E-state index in [0.29, 0.717) is 23.8 Å². The smallest absolute Gasteiger partial charge is 0.216 e. The molecule has 2 N–H and O–H groups in total. The number of hydrogen-bond donors (Lipinski definition) is 1. The summed E-state index contributed by atoms with van der Waals surface area (Å²) in [5.41, 5.74) is 7.99. The first-order valence-corrected chi connectivity index (χ1v) is 6.49. The Bertz CT molecular complexity index is 582. The summed E-state index contributed by atoms with van der Waals surface area (Å²) in [4.78, 5) is 8.18.